The number of hydrogen-bond donors (Lipinski definition) is 0. The van der Waals surface area contributed by atoms with Crippen molar-refractivity contribution < 1.29 is 12.9 Å². The van der Waals surface area contributed by atoms with Gasteiger partial charge >= 0.3 is 0 Å². The average Bonchev–Trinajstić information content (AvgIpc) is 3.06. The third kappa shape index (κ3) is 3.26. The molecule has 0 N–H and O–H groups in total. The highest BCUT2D eigenvalue weighted by atomic mass is 32.2. The summed E-state index contributed by atoms with van der Waals surface area (Å²) < 4.78 is 28.5. The predicted molar refractivity (Wildman–Crippen MR) is 84.7 cm³/mol. The molecule has 114 valence electrons. The summed E-state index contributed by atoms with van der Waals surface area (Å²) in [4.78, 5) is 4.33. The van der Waals surface area contributed by atoms with Crippen LogP contribution in [-0.4, -0.2) is 24.8 Å². The highest BCUT2D eigenvalue weighted by Crippen LogP contribution is 2.27. The Morgan fingerprint density at radius 1 is 1.27 bits per heavy atom. The van der Waals surface area contributed by atoms with Crippen LogP contribution >= 0.6 is 11.3 Å². The first-order valence-corrected chi connectivity index (χ1v) is 9.36. The molecule has 0 radical (unpaired) electrons. The van der Waals surface area contributed by atoms with Crippen molar-refractivity contribution in [1.82, 2.24) is 10.1 Å². The number of thiophene rings is 1. The first kappa shape index (κ1) is 14.9. The molecule has 0 saturated carbocycles. The minimum Gasteiger partial charge on any atom is -0.334 e. The van der Waals surface area contributed by atoms with E-state index in [0.717, 1.165) is 16.9 Å². The molecule has 0 unspecified atom stereocenters. The number of aromatic nitrogens is 2. The summed E-state index contributed by atoms with van der Waals surface area (Å²) in [5.74, 6) is 0.918. The topological polar surface area (TPSA) is 73.1 Å². The van der Waals surface area contributed by atoms with Gasteiger partial charge in [-0.05, 0) is 18.6 Å². The number of sulfone groups is 1. The van der Waals surface area contributed by atoms with Crippen molar-refractivity contribution in [2.45, 2.75) is 17.6 Å². The molecule has 0 fully saturated rings. The number of aryl methyl sites for hydroxylation is 1. The van der Waals surface area contributed by atoms with Gasteiger partial charge in [-0.3, -0.25) is 0 Å². The molecule has 1 aromatic carbocycles. The van der Waals surface area contributed by atoms with Gasteiger partial charge in [-0.15, -0.1) is 11.3 Å². The van der Waals surface area contributed by atoms with Gasteiger partial charge in [0, 0.05) is 18.1 Å². The molecule has 0 aliphatic rings. The fourth-order valence-corrected chi connectivity index (χ4v) is 3.86. The Balaban J connectivity index is 1.83. The van der Waals surface area contributed by atoms with E-state index in [2.05, 4.69) is 16.2 Å². The molecule has 3 aromatic rings. The number of hydrogen-bond acceptors (Lipinski definition) is 6. The molecule has 22 heavy (non-hydrogen) atoms. The lowest BCUT2D eigenvalue weighted by Gasteiger charge is -1.97. The monoisotopic (exact) mass is 334 g/mol. The van der Waals surface area contributed by atoms with Crippen molar-refractivity contribution in [3.8, 4) is 11.5 Å². The van der Waals surface area contributed by atoms with E-state index in [1.807, 2.05) is 25.1 Å². The van der Waals surface area contributed by atoms with Crippen molar-refractivity contribution in [1.29, 1.82) is 0 Å². The summed E-state index contributed by atoms with van der Waals surface area (Å²) in [5, 5.41) is 5.67. The quantitative estimate of drug-likeness (QED) is 0.733. The van der Waals surface area contributed by atoms with E-state index in [1.165, 1.54) is 11.8 Å². The van der Waals surface area contributed by atoms with Crippen LogP contribution in [0.3, 0.4) is 0 Å². The summed E-state index contributed by atoms with van der Waals surface area (Å²) in [7, 11) is -3.21. The second-order valence-electron chi connectivity index (χ2n) is 5.11. The van der Waals surface area contributed by atoms with E-state index in [1.54, 1.807) is 11.4 Å². The normalized spacial score (nSPS) is 11.7. The molecular formula is C15H14N2O3S2. The van der Waals surface area contributed by atoms with Crippen molar-refractivity contribution in [2.24, 2.45) is 0 Å². The summed E-state index contributed by atoms with van der Waals surface area (Å²) in [5.41, 5.74) is 2.92. The Hall–Kier alpha value is -1.99. The van der Waals surface area contributed by atoms with E-state index in [-0.39, 0.29) is 0 Å². The molecule has 0 spiro atoms. The lowest BCUT2D eigenvalue weighted by Crippen LogP contribution is -1.92. The molecular weight excluding hydrogens is 320 g/mol. The predicted octanol–water partition coefficient (Wildman–Crippen LogP) is 3.10. The Labute approximate surface area is 132 Å². The maximum atomic E-state index is 11.5. The van der Waals surface area contributed by atoms with Crippen LogP contribution in [0.2, 0.25) is 0 Å². The third-order valence-electron chi connectivity index (χ3n) is 3.10. The van der Waals surface area contributed by atoms with Gasteiger partial charge in [0.05, 0.1) is 5.56 Å². The van der Waals surface area contributed by atoms with Crippen molar-refractivity contribution >= 4 is 21.2 Å². The lowest BCUT2D eigenvalue weighted by molar-refractivity contribution is 0.424. The fraction of sp³-hybridized carbons (Fsp3) is 0.200. The molecule has 0 saturated heterocycles. The molecule has 5 nitrogen and oxygen atoms in total. The SMILES string of the molecule is Cc1cccc(Cc2noc(-c3csc(S(C)(=O)=O)c3)n2)c1. The van der Waals surface area contributed by atoms with Gasteiger partial charge in [-0.25, -0.2) is 8.42 Å². The minimum absolute atomic E-state index is 0.293. The molecule has 3 rings (SSSR count). The maximum Gasteiger partial charge on any atom is 0.258 e. The van der Waals surface area contributed by atoms with E-state index in [4.69, 9.17) is 4.52 Å². The maximum absolute atomic E-state index is 11.5. The van der Waals surface area contributed by atoms with Crippen LogP contribution in [0.1, 0.15) is 17.0 Å². The standard InChI is InChI=1S/C15H14N2O3S2/c1-10-4-3-5-11(6-10)7-13-16-15(20-17-13)12-8-14(21-9-12)22(2,18)19/h3-6,8-9H,7H2,1-2H3. The number of rotatable bonds is 4. The van der Waals surface area contributed by atoms with Crippen LogP contribution in [0, 0.1) is 6.92 Å². The first-order chi connectivity index (χ1) is 10.4. The summed E-state index contributed by atoms with van der Waals surface area (Å²) >= 11 is 1.15. The molecule has 0 amide bonds. The summed E-state index contributed by atoms with van der Waals surface area (Å²) in [6, 6.07) is 9.66. The average molecular weight is 334 g/mol. The van der Waals surface area contributed by atoms with E-state index < -0.39 is 9.84 Å². The van der Waals surface area contributed by atoms with Crippen molar-refractivity contribution in [3.05, 3.63) is 52.7 Å². The fourth-order valence-electron chi connectivity index (χ4n) is 2.07. The van der Waals surface area contributed by atoms with Gasteiger partial charge in [0.25, 0.3) is 5.89 Å². The second kappa shape index (κ2) is 5.66. The Kier molecular flexibility index (Phi) is 3.84. The molecule has 0 atom stereocenters. The summed E-state index contributed by atoms with van der Waals surface area (Å²) in [6.07, 6.45) is 1.76. The molecule has 2 aromatic heterocycles. The largest absolute Gasteiger partial charge is 0.334 e. The van der Waals surface area contributed by atoms with Crippen LogP contribution in [-0.2, 0) is 16.3 Å². The first-order valence-electron chi connectivity index (χ1n) is 6.59. The van der Waals surface area contributed by atoms with Crippen LogP contribution in [0.25, 0.3) is 11.5 Å². The summed E-state index contributed by atoms with van der Waals surface area (Å²) in [6.45, 7) is 2.03. The highest BCUT2D eigenvalue weighted by Gasteiger charge is 2.15. The van der Waals surface area contributed by atoms with Gasteiger partial charge in [0.1, 0.15) is 4.21 Å². The lowest BCUT2D eigenvalue weighted by atomic mass is 10.1. The van der Waals surface area contributed by atoms with Crippen LogP contribution < -0.4 is 0 Å². The highest BCUT2D eigenvalue weighted by molar-refractivity contribution is 7.92. The Morgan fingerprint density at radius 2 is 2.09 bits per heavy atom. The van der Waals surface area contributed by atoms with E-state index in [9.17, 15) is 8.42 Å². The van der Waals surface area contributed by atoms with Crippen LogP contribution in [0.5, 0.6) is 0 Å². The molecule has 2 heterocycles. The van der Waals surface area contributed by atoms with Gasteiger partial charge < -0.3 is 4.52 Å². The molecule has 0 aliphatic carbocycles. The van der Waals surface area contributed by atoms with Crippen molar-refractivity contribution in [3.63, 3.8) is 0 Å². The Morgan fingerprint density at radius 3 is 2.77 bits per heavy atom. The zero-order valence-electron chi connectivity index (χ0n) is 12.1. The third-order valence-corrected chi connectivity index (χ3v) is 5.87. The van der Waals surface area contributed by atoms with Gasteiger partial charge in [0.2, 0.25) is 0 Å². The zero-order chi connectivity index (χ0) is 15.7. The van der Waals surface area contributed by atoms with Crippen LogP contribution in [0.4, 0.5) is 0 Å². The smallest absolute Gasteiger partial charge is 0.258 e. The Bertz CT molecular complexity index is 910. The van der Waals surface area contributed by atoms with Gasteiger partial charge in [0.15, 0.2) is 15.7 Å². The molecule has 0 bridgehead atoms. The minimum atomic E-state index is -3.21. The second-order valence-corrected chi connectivity index (χ2v) is 8.26. The van der Waals surface area contributed by atoms with Crippen molar-refractivity contribution in [2.75, 3.05) is 6.26 Å². The molecule has 0 aliphatic heterocycles. The van der Waals surface area contributed by atoms with Gasteiger partial charge in [-0.2, -0.15) is 4.98 Å². The van der Waals surface area contributed by atoms with E-state index in [0.29, 0.717) is 27.9 Å². The number of benzene rings is 1. The van der Waals surface area contributed by atoms with Gasteiger partial charge in [-0.1, -0.05) is 35.0 Å². The van der Waals surface area contributed by atoms with Crippen LogP contribution in [0.15, 0.2) is 44.4 Å². The molecule has 7 heteroatoms. The number of nitrogens with zero attached hydrogens (tertiary/aromatic N) is 2. The zero-order valence-corrected chi connectivity index (χ0v) is 13.7. The van der Waals surface area contributed by atoms with E-state index >= 15 is 0 Å².